The van der Waals surface area contributed by atoms with E-state index in [0.717, 1.165) is 6.07 Å². The summed E-state index contributed by atoms with van der Waals surface area (Å²) in [6.07, 6.45) is 0. The summed E-state index contributed by atoms with van der Waals surface area (Å²) in [7, 11) is 0.777. The number of hydrogen-bond donors (Lipinski definition) is 2. The molecule has 0 fully saturated rings. The average Bonchev–Trinajstić information content (AvgIpc) is 2.36. The van der Waals surface area contributed by atoms with Gasteiger partial charge in [0.2, 0.25) is 10.0 Å². The Morgan fingerprint density at radius 3 is 2.48 bits per heavy atom. The zero-order valence-electron chi connectivity index (χ0n) is 11.9. The average molecular weight is 320 g/mol. The molecule has 2 N–H and O–H groups in total. The molecule has 0 unspecified atom stereocenters. The molecule has 1 aromatic carbocycles. The van der Waals surface area contributed by atoms with Crippen molar-refractivity contribution in [2.24, 2.45) is 0 Å². The fourth-order valence-electron chi connectivity index (χ4n) is 1.62. The van der Waals surface area contributed by atoms with E-state index < -0.39 is 31.3 Å². The van der Waals surface area contributed by atoms with Crippen molar-refractivity contribution in [1.29, 1.82) is 0 Å². The third-order valence-corrected chi connectivity index (χ3v) is 4.16. The van der Waals surface area contributed by atoms with Crippen LogP contribution in [0.5, 0.6) is 0 Å². The molecule has 0 saturated carbocycles. The van der Waals surface area contributed by atoms with Gasteiger partial charge in [-0.2, -0.15) is 0 Å². The molecular formula is C11H17FN4O4S. The van der Waals surface area contributed by atoms with Crippen molar-refractivity contribution < 1.29 is 17.7 Å². The second kappa shape index (κ2) is 6.78. The Bertz CT molecular complexity index is 633. The number of likely N-dealkylation sites (N-methyl/N-ethyl adjacent to an activating group) is 1. The summed E-state index contributed by atoms with van der Waals surface area (Å²) >= 11 is 0. The molecule has 10 heteroatoms. The maximum absolute atomic E-state index is 14.0. The highest BCUT2D eigenvalue weighted by Gasteiger charge is 2.26. The topological polar surface area (TPSA) is 105 Å². The first kappa shape index (κ1) is 17.3. The van der Waals surface area contributed by atoms with E-state index in [0.29, 0.717) is 12.6 Å². The van der Waals surface area contributed by atoms with Crippen LogP contribution in [0.3, 0.4) is 0 Å². The van der Waals surface area contributed by atoms with Crippen LogP contribution in [0, 0.1) is 15.9 Å². The van der Waals surface area contributed by atoms with Crippen molar-refractivity contribution >= 4 is 21.4 Å². The van der Waals surface area contributed by atoms with Gasteiger partial charge in [-0.15, -0.1) is 0 Å². The Morgan fingerprint density at radius 1 is 1.38 bits per heavy atom. The lowest BCUT2D eigenvalue weighted by Crippen LogP contribution is -2.32. The molecule has 0 spiro atoms. The summed E-state index contributed by atoms with van der Waals surface area (Å²) in [5.41, 5.74) is -0.692. The highest BCUT2D eigenvalue weighted by atomic mass is 32.2. The van der Waals surface area contributed by atoms with Crippen molar-refractivity contribution in [3.05, 3.63) is 28.1 Å². The number of sulfonamides is 1. The van der Waals surface area contributed by atoms with Gasteiger partial charge in [-0.3, -0.25) is 10.1 Å². The summed E-state index contributed by atoms with van der Waals surface area (Å²) in [4.78, 5) is 11.0. The highest BCUT2D eigenvalue weighted by Crippen LogP contribution is 2.29. The Labute approximate surface area is 122 Å². The number of nitrogens with zero attached hydrogens (tertiary/aromatic N) is 2. The van der Waals surface area contributed by atoms with Gasteiger partial charge in [0, 0.05) is 26.2 Å². The molecule has 0 heterocycles. The van der Waals surface area contributed by atoms with E-state index in [9.17, 15) is 22.9 Å². The number of rotatable bonds is 7. The highest BCUT2D eigenvalue weighted by molar-refractivity contribution is 7.89. The van der Waals surface area contributed by atoms with E-state index in [1.165, 1.54) is 7.05 Å². The van der Waals surface area contributed by atoms with Crippen LogP contribution in [-0.2, 0) is 10.0 Å². The molecule has 118 valence electrons. The third kappa shape index (κ3) is 4.34. The molecular weight excluding hydrogens is 303 g/mol. The molecule has 0 aliphatic carbocycles. The van der Waals surface area contributed by atoms with Crippen LogP contribution in [-0.4, -0.2) is 52.5 Å². The van der Waals surface area contributed by atoms with Crippen molar-refractivity contribution in [3.8, 4) is 0 Å². The summed E-state index contributed by atoms with van der Waals surface area (Å²) in [5.74, 6) is -1.18. The van der Waals surface area contributed by atoms with Crippen LogP contribution in [0.25, 0.3) is 0 Å². The molecule has 0 aliphatic heterocycles. The third-order valence-electron chi connectivity index (χ3n) is 2.63. The largest absolute Gasteiger partial charge is 0.387 e. The van der Waals surface area contributed by atoms with E-state index >= 15 is 0 Å². The first-order chi connectivity index (χ1) is 9.69. The molecule has 8 nitrogen and oxygen atoms in total. The lowest BCUT2D eigenvalue weighted by molar-refractivity contribution is -0.385. The van der Waals surface area contributed by atoms with Crippen LogP contribution in [0.4, 0.5) is 15.8 Å². The van der Waals surface area contributed by atoms with Gasteiger partial charge in [0.05, 0.1) is 16.7 Å². The lowest BCUT2D eigenvalue weighted by atomic mass is 10.2. The van der Waals surface area contributed by atoms with Crippen LogP contribution >= 0.6 is 0 Å². The van der Waals surface area contributed by atoms with Gasteiger partial charge < -0.3 is 10.2 Å². The smallest absolute Gasteiger partial charge is 0.274 e. The number of hydrogen-bond acceptors (Lipinski definition) is 6. The monoisotopic (exact) mass is 320 g/mol. The van der Waals surface area contributed by atoms with Crippen LogP contribution in [0.15, 0.2) is 17.0 Å². The first-order valence-electron chi connectivity index (χ1n) is 5.99. The molecule has 1 aromatic rings. The van der Waals surface area contributed by atoms with Crippen molar-refractivity contribution in [3.63, 3.8) is 0 Å². The Morgan fingerprint density at radius 2 is 2.00 bits per heavy atom. The number of non-ortho nitro benzene ring substituents is 1. The number of nitro groups is 1. The van der Waals surface area contributed by atoms with Crippen LogP contribution in [0.2, 0.25) is 0 Å². The Hall–Kier alpha value is -1.78. The second-order valence-electron chi connectivity index (χ2n) is 4.51. The minimum Gasteiger partial charge on any atom is -0.387 e. The number of halogens is 1. The van der Waals surface area contributed by atoms with Crippen molar-refractivity contribution in [2.75, 3.05) is 39.5 Å². The fourth-order valence-corrected chi connectivity index (χ4v) is 2.89. The van der Waals surface area contributed by atoms with E-state index in [1.807, 2.05) is 0 Å². The maximum atomic E-state index is 14.0. The number of nitro benzene ring substituents is 1. The second-order valence-corrected chi connectivity index (χ2v) is 6.22. The predicted molar refractivity (Wildman–Crippen MR) is 76.3 cm³/mol. The quantitative estimate of drug-likeness (QED) is 0.563. The Kier molecular flexibility index (Phi) is 5.58. The maximum Gasteiger partial charge on any atom is 0.274 e. The van der Waals surface area contributed by atoms with Gasteiger partial charge in [0.25, 0.3) is 5.69 Å². The van der Waals surface area contributed by atoms with Gasteiger partial charge in [-0.25, -0.2) is 17.5 Å². The van der Waals surface area contributed by atoms with E-state index in [1.54, 1.807) is 19.0 Å². The molecule has 0 atom stereocenters. The lowest BCUT2D eigenvalue weighted by Gasteiger charge is -2.14. The van der Waals surface area contributed by atoms with Gasteiger partial charge in [0.1, 0.15) is 4.90 Å². The van der Waals surface area contributed by atoms with E-state index in [2.05, 4.69) is 10.0 Å². The molecule has 1 rings (SSSR count). The van der Waals surface area contributed by atoms with Crippen LogP contribution in [0.1, 0.15) is 0 Å². The fraction of sp³-hybridized carbons (Fsp3) is 0.455. The van der Waals surface area contributed by atoms with Gasteiger partial charge in [-0.05, 0) is 14.1 Å². The normalized spacial score (nSPS) is 11.7. The predicted octanol–water partition coefficient (Wildman–Crippen LogP) is 0.615. The van der Waals surface area contributed by atoms with Gasteiger partial charge in [0.15, 0.2) is 5.82 Å². The molecule has 21 heavy (non-hydrogen) atoms. The molecule has 0 aromatic heterocycles. The van der Waals surface area contributed by atoms with Crippen molar-refractivity contribution in [2.45, 2.75) is 4.90 Å². The number of nitrogens with one attached hydrogen (secondary N) is 2. The molecule has 0 aliphatic rings. The first-order valence-corrected chi connectivity index (χ1v) is 7.47. The Balaban J connectivity index is 3.19. The number of benzene rings is 1. The summed E-state index contributed by atoms with van der Waals surface area (Å²) < 4.78 is 40.4. The molecule has 0 amide bonds. The SMILES string of the molecule is CNc1cc([N+](=O)[O-])cc(F)c1S(=O)(=O)NCCN(C)C. The molecule has 0 bridgehead atoms. The summed E-state index contributed by atoms with van der Waals surface area (Å²) in [6.45, 7) is 0.525. The van der Waals surface area contributed by atoms with Gasteiger partial charge in [-0.1, -0.05) is 0 Å². The minimum atomic E-state index is -4.11. The van der Waals surface area contributed by atoms with Gasteiger partial charge >= 0.3 is 0 Å². The zero-order valence-corrected chi connectivity index (χ0v) is 12.7. The summed E-state index contributed by atoms with van der Waals surface area (Å²) in [5, 5.41) is 13.1. The number of anilines is 1. The standard InChI is InChI=1S/C11H17FN4O4S/c1-13-10-7-8(16(17)18)6-9(12)11(10)21(19,20)14-4-5-15(2)3/h6-7,13-14H,4-5H2,1-3H3. The minimum absolute atomic E-state index is 0.0922. The van der Waals surface area contributed by atoms with E-state index in [4.69, 9.17) is 0 Å². The van der Waals surface area contributed by atoms with Crippen LogP contribution < -0.4 is 10.0 Å². The van der Waals surface area contributed by atoms with Crippen molar-refractivity contribution in [1.82, 2.24) is 9.62 Å². The summed E-state index contributed by atoms with van der Waals surface area (Å²) in [6, 6.07) is 1.56. The zero-order chi connectivity index (χ0) is 16.2. The molecule has 0 saturated heterocycles. The van der Waals surface area contributed by atoms with E-state index in [-0.39, 0.29) is 12.2 Å². The molecule has 0 radical (unpaired) electrons.